The van der Waals surface area contributed by atoms with Gasteiger partial charge in [0.15, 0.2) is 11.7 Å². The number of nitrogens with one attached hydrogen (secondary N) is 2. The maximum Gasteiger partial charge on any atom is 0.216 e. The zero-order valence-corrected chi connectivity index (χ0v) is 15.9. The van der Waals surface area contributed by atoms with Gasteiger partial charge in [-0.25, -0.2) is 15.0 Å². The van der Waals surface area contributed by atoms with Gasteiger partial charge in [-0.3, -0.25) is 5.10 Å². The number of aromatic nitrogens is 4. The second kappa shape index (κ2) is 8.55. The molecule has 9 nitrogen and oxygen atoms in total. The average Bonchev–Trinajstić information content (AvgIpc) is 3.44. The van der Waals surface area contributed by atoms with Crippen LogP contribution in [0.15, 0.2) is 52.2 Å². The van der Waals surface area contributed by atoms with E-state index in [-0.39, 0.29) is 0 Å². The van der Waals surface area contributed by atoms with Crippen molar-refractivity contribution in [2.45, 2.75) is 13.5 Å². The molecule has 0 spiro atoms. The number of anilines is 1. The van der Waals surface area contributed by atoms with E-state index in [1.807, 2.05) is 30.5 Å². The highest BCUT2D eigenvalue weighted by Crippen LogP contribution is 2.15. The predicted molar refractivity (Wildman–Crippen MR) is 107 cm³/mol. The maximum atomic E-state index is 5.33. The van der Waals surface area contributed by atoms with E-state index in [0.717, 1.165) is 44.5 Å². The Balaban J connectivity index is 1.39. The van der Waals surface area contributed by atoms with Crippen molar-refractivity contribution in [2.24, 2.45) is 4.99 Å². The van der Waals surface area contributed by atoms with Crippen LogP contribution in [0.4, 0.5) is 5.82 Å². The number of H-pyrrole nitrogens is 1. The van der Waals surface area contributed by atoms with Crippen LogP contribution in [0.25, 0.3) is 11.6 Å². The Morgan fingerprint density at radius 2 is 2.11 bits per heavy atom. The lowest BCUT2D eigenvalue weighted by atomic mass is 10.3. The van der Waals surface area contributed by atoms with Crippen LogP contribution < -0.4 is 10.2 Å². The molecule has 9 heteroatoms. The molecule has 3 aromatic rings. The summed E-state index contributed by atoms with van der Waals surface area (Å²) >= 11 is 0. The normalized spacial score (nSPS) is 15.1. The van der Waals surface area contributed by atoms with Crippen LogP contribution in [0.5, 0.6) is 0 Å². The van der Waals surface area contributed by atoms with E-state index < -0.39 is 0 Å². The van der Waals surface area contributed by atoms with E-state index in [1.165, 1.54) is 0 Å². The first-order valence-electron chi connectivity index (χ1n) is 9.48. The number of rotatable bonds is 5. The number of aromatic amines is 1. The molecule has 0 radical (unpaired) electrons. The molecule has 3 aromatic heterocycles. The molecule has 0 aliphatic carbocycles. The smallest absolute Gasteiger partial charge is 0.216 e. The number of hydrogen-bond acceptors (Lipinski definition) is 6. The fraction of sp³-hybridized carbons (Fsp3) is 0.368. The third-order valence-electron chi connectivity index (χ3n) is 4.54. The monoisotopic (exact) mass is 380 g/mol. The average molecular weight is 380 g/mol. The van der Waals surface area contributed by atoms with Gasteiger partial charge in [0, 0.05) is 38.9 Å². The zero-order chi connectivity index (χ0) is 19.2. The summed E-state index contributed by atoms with van der Waals surface area (Å²) in [7, 11) is 0. The van der Waals surface area contributed by atoms with Crippen molar-refractivity contribution in [1.29, 1.82) is 0 Å². The minimum absolute atomic E-state index is 0.427. The van der Waals surface area contributed by atoms with E-state index >= 15 is 0 Å². The van der Waals surface area contributed by atoms with Crippen molar-refractivity contribution in [3.8, 4) is 11.6 Å². The predicted octanol–water partition coefficient (Wildman–Crippen LogP) is 1.75. The number of hydrogen-bond donors (Lipinski definition) is 2. The summed E-state index contributed by atoms with van der Waals surface area (Å²) in [6, 6.07) is 9.67. The number of aliphatic imine (C=N–C) groups is 1. The summed E-state index contributed by atoms with van der Waals surface area (Å²) in [5, 5.41) is 10.5. The van der Waals surface area contributed by atoms with E-state index in [1.54, 1.807) is 6.26 Å². The lowest BCUT2D eigenvalue weighted by Crippen LogP contribution is -2.52. The third-order valence-corrected chi connectivity index (χ3v) is 4.54. The molecular formula is C19H24N8O. The molecule has 0 aromatic carbocycles. The number of pyridine rings is 1. The van der Waals surface area contributed by atoms with Gasteiger partial charge in [-0.1, -0.05) is 6.07 Å². The number of furan rings is 1. The molecular weight excluding hydrogens is 356 g/mol. The molecule has 0 saturated carbocycles. The van der Waals surface area contributed by atoms with Gasteiger partial charge in [0.25, 0.3) is 0 Å². The highest BCUT2D eigenvalue weighted by molar-refractivity contribution is 5.80. The van der Waals surface area contributed by atoms with Crippen molar-refractivity contribution in [1.82, 2.24) is 30.4 Å². The molecule has 0 atom stereocenters. The molecule has 0 unspecified atom stereocenters. The van der Waals surface area contributed by atoms with Gasteiger partial charge in [0.2, 0.25) is 5.82 Å². The Morgan fingerprint density at radius 3 is 2.82 bits per heavy atom. The topological polar surface area (TPSA) is 98.5 Å². The van der Waals surface area contributed by atoms with Gasteiger partial charge < -0.3 is 19.5 Å². The summed E-state index contributed by atoms with van der Waals surface area (Å²) in [5.41, 5.74) is 0. The molecule has 1 fully saturated rings. The van der Waals surface area contributed by atoms with Crippen LogP contribution in [0.3, 0.4) is 0 Å². The lowest BCUT2D eigenvalue weighted by Gasteiger charge is -2.37. The molecule has 0 amide bonds. The molecule has 1 saturated heterocycles. The number of guanidine groups is 1. The third kappa shape index (κ3) is 4.13. The Hall–Kier alpha value is -3.36. The van der Waals surface area contributed by atoms with E-state index in [4.69, 9.17) is 9.41 Å². The first kappa shape index (κ1) is 18.0. The van der Waals surface area contributed by atoms with Crippen LogP contribution in [0, 0.1) is 0 Å². The summed E-state index contributed by atoms with van der Waals surface area (Å²) in [5.74, 6) is 3.80. The highest BCUT2D eigenvalue weighted by atomic mass is 16.3. The minimum Gasteiger partial charge on any atom is -0.461 e. The summed E-state index contributed by atoms with van der Waals surface area (Å²) in [4.78, 5) is 18.2. The molecule has 4 heterocycles. The zero-order valence-electron chi connectivity index (χ0n) is 15.9. The van der Waals surface area contributed by atoms with Gasteiger partial charge in [-0.2, -0.15) is 0 Å². The Labute approximate surface area is 163 Å². The van der Waals surface area contributed by atoms with Gasteiger partial charge in [0.1, 0.15) is 18.2 Å². The largest absolute Gasteiger partial charge is 0.461 e. The van der Waals surface area contributed by atoms with Crippen molar-refractivity contribution < 1.29 is 4.42 Å². The summed E-state index contributed by atoms with van der Waals surface area (Å²) in [6.45, 7) is 6.90. The molecule has 2 N–H and O–H groups in total. The van der Waals surface area contributed by atoms with Crippen LogP contribution in [0.2, 0.25) is 0 Å². The van der Waals surface area contributed by atoms with Gasteiger partial charge in [-0.05, 0) is 31.2 Å². The quantitative estimate of drug-likeness (QED) is 0.514. The van der Waals surface area contributed by atoms with E-state index in [2.05, 4.69) is 48.3 Å². The van der Waals surface area contributed by atoms with Crippen LogP contribution in [0.1, 0.15) is 12.7 Å². The Morgan fingerprint density at radius 1 is 1.21 bits per heavy atom. The summed E-state index contributed by atoms with van der Waals surface area (Å²) < 4.78 is 5.33. The fourth-order valence-electron chi connectivity index (χ4n) is 3.15. The van der Waals surface area contributed by atoms with Gasteiger partial charge in [0.05, 0.1) is 6.26 Å². The fourth-order valence-corrected chi connectivity index (χ4v) is 3.15. The summed E-state index contributed by atoms with van der Waals surface area (Å²) in [6.07, 6.45) is 3.44. The standard InChI is InChI=1S/C19H24N8O/c1-2-20-19(22-14-16-23-18(25-24-16)15-6-5-13-28-15)27-11-9-26(10-12-27)17-7-3-4-8-21-17/h3-8,13H,2,9-12,14H2,1H3,(H,20,22)(H,23,24,25). The minimum atomic E-state index is 0.427. The molecule has 4 rings (SSSR count). The molecule has 28 heavy (non-hydrogen) atoms. The van der Waals surface area contributed by atoms with Crippen molar-refractivity contribution in [3.63, 3.8) is 0 Å². The SMILES string of the molecule is CCNC(=NCc1nc(-c2ccco2)n[nH]1)N1CCN(c2ccccn2)CC1. The first-order chi connectivity index (χ1) is 13.8. The van der Waals surface area contributed by atoms with Gasteiger partial charge in [-0.15, -0.1) is 5.10 Å². The molecule has 146 valence electrons. The van der Waals surface area contributed by atoms with E-state index in [0.29, 0.717) is 24.0 Å². The second-order valence-corrected chi connectivity index (χ2v) is 6.42. The number of nitrogens with zero attached hydrogens (tertiary/aromatic N) is 6. The van der Waals surface area contributed by atoms with Crippen LogP contribution in [-0.2, 0) is 6.54 Å². The Kier molecular flexibility index (Phi) is 5.51. The lowest BCUT2D eigenvalue weighted by molar-refractivity contribution is 0.371. The van der Waals surface area contributed by atoms with Crippen molar-refractivity contribution in [3.05, 3.63) is 48.6 Å². The molecule has 1 aliphatic rings. The molecule has 0 bridgehead atoms. The second-order valence-electron chi connectivity index (χ2n) is 6.42. The maximum absolute atomic E-state index is 5.33. The van der Waals surface area contributed by atoms with Crippen molar-refractivity contribution >= 4 is 11.8 Å². The van der Waals surface area contributed by atoms with Crippen molar-refractivity contribution in [2.75, 3.05) is 37.6 Å². The highest BCUT2D eigenvalue weighted by Gasteiger charge is 2.20. The van der Waals surface area contributed by atoms with Crippen LogP contribution in [-0.4, -0.2) is 63.7 Å². The van der Waals surface area contributed by atoms with E-state index in [9.17, 15) is 0 Å². The van der Waals surface area contributed by atoms with Gasteiger partial charge >= 0.3 is 0 Å². The van der Waals surface area contributed by atoms with Crippen LogP contribution >= 0.6 is 0 Å². The number of piperazine rings is 1. The first-order valence-corrected chi connectivity index (χ1v) is 9.48. The Bertz CT molecular complexity index is 882. The molecule has 1 aliphatic heterocycles.